The van der Waals surface area contributed by atoms with Crippen molar-refractivity contribution in [2.24, 2.45) is 0 Å². The summed E-state index contributed by atoms with van der Waals surface area (Å²) >= 11 is 0. The van der Waals surface area contributed by atoms with E-state index in [1.807, 2.05) is 20.2 Å². The minimum atomic E-state index is 0.175. The van der Waals surface area contributed by atoms with Crippen molar-refractivity contribution in [3.05, 3.63) is 23.3 Å². The van der Waals surface area contributed by atoms with Crippen LogP contribution in [0.25, 0.3) is 0 Å². The van der Waals surface area contributed by atoms with Crippen LogP contribution in [0.1, 0.15) is 49.3 Å². The fourth-order valence-corrected chi connectivity index (χ4v) is 2.49. The van der Waals surface area contributed by atoms with Crippen LogP contribution in [-0.2, 0) is 17.6 Å². The SMILES string of the molecule is CNC1CCCCc2nc(CC(C)OC)ncc21. The molecule has 1 aromatic heterocycles. The molecule has 18 heavy (non-hydrogen) atoms. The van der Waals surface area contributed by atoms with Gasteiger partial charge in [-0.25, -0.2) is 9.97 Å². The van der Waals surface area contributed by atoms with E-state index >= 15 is 0 Å². The Kier molecular flexibility index (Phi) is 4.66. The number of hydrogen-bond acceptors (Lipinski definition) is 4. The second-order valence-corrected chi connectivity index (χ2v) is 5.03. The summed E-state index contributed by atoms with van der Waals surface area (Å²) in [4.78, 5) is 9.22. The van der Waals surface area contributed by atoms with Crippen molar-refractivity contribution in [2.75, 3.05) is 14.2 Å². The molecule has 0 radical (unpaired) electrons. The third-order valence-corrected chi connectivity index (χ3v) is 3.70. The van der Waals surface area contributed by atoms with Crippen LogP contribution in [0.4, 0.5) is 0 Å². The summed E-state index contributed by atoms with van der Waals surface area (Å²) in [6, 6.07) is 0.413. The molecule has 1 aliphatic carbocycles. The van der Waals surface area contributed by atoms with Crippen LogP contribution < -0.4 is 5.32 Å². The predicted octanol–water partition coefficient (Wildman–Crippen LogP) is 2.04. The first kappa shape index (κ1) is 13.4. The van der Waals surface area contributed by atoms with E-state index in [0.29, 0.717) is 6.04 Å². The number of aromatic nitrogens is 2. The van der Waals surface area contributed by atoms with Crippen LogP contribution in [0.15, 0.2) is 6.20 Å². The molecule has 2 unspecified atom stereocenters. The van der Waals surface area contributed by atoms with E-state index in [1.165, 1.54) is 30.5 Å². The first-order chi connectivity index (χ1) is 8.74. The van der Waals surface area contributed by atoms with Crippen LogP contribution in [0.2, 0.25) is 0 Å². The van der Waals surface area contributed by atoms with Gasteiger partial charge in [-0.2, -0.15) is 0 Å². The third kappa shape index (κ3) is 3.06. The Labute approximate surface area is 109 Å². The van der Waals surface area contributed by atoms with E-state index < -0.39 is 0 Å². The van der Waals surface area contributed by atoms with Gasteiger partial charge in [0.25, 0.3) is 0 Å². The van der Waals surface area contributed by atoms with Crippen LogP contribution in [-0.4, -0.2) is 30.2 Å². The number of rotatable bonds is 4. The Morgan fingerprint density at radius 2 is 2.33 bits per heavy atom. The number of fused-ring (bicyclic) bond motifs is 1. The zero-order chi connectivity index (χ0) is 13.0. The van der Waals surface area contributed by atoms with E-state index in [2.05, 4.69) is 10.3 Å². The Morgan fingerprint density at radius 1 is 1.50 bits per heavy atom. The number of nitrogens with one attached hydrogen (secondary N) is 1. The maximum atomic E-state index is 5.27. The highest BCUT2D eigenvalue weighted by Crippen LogP contribution is 2.26. The zero-order valence-electron chi connectivity index (χ0n) is 11.6. The van der Waals surface area contributed by atoms with Crippen molar-refractivity contribution < 1.29 is 4.74 Å². The number of nitrogens with zero attached hydrogens (tertiary/aromatic N) is 2. The molecule has 1 heterocycles. The van der Waals surface area contributed by atoms with Gasteiger partial charge in [-0.05, 0) is 33.2 Å². The van der Waals surface area contributed by atoms with Crippen molar-refractivity contribution in [3.63, 3.8) is 0 Å². The maximum Gasteiger partial charge on any atom is 0.131 e. The van der Waals surface area contributed by atoms with Gasteiger partial charge in [0.2, 0.25) is 0 Å². The average Bonchev–Trinajstić information content (AvgIpc) is 2.59. The Hall–Kier alpha value is -1.00. The van der Waals surface area contributed by atoms with E-state index in [9.17, 15) is 0 Å². The molecule has 0 amide bonds. The van der Waals surface area contributed by atoms with Crippen molar-refractivity contribution in [3.8, 4) is 0 Å². The van der Waals surface area contributed by atoms with Gasteiger partial charge in [0.05, 0.1) is 6.10 Å². The summed E-state index contributed by atoms with van der Waals surface area (Å²) in [6.45, 7) is 2.05. The Bertz CT molecular complexity index is 395. The van der Waals surface area contributed by atoms with Crippen molar-refractivity contribution in [1.29, 1.82) is 0 Å². The number of methoxy groups -OCH3 is 1. The first-order valence-electron chi connectivity index (χ1n) is 6.79. The summed E-state index contributed by atoms with van der Waals surface area (Å²) < 4.78 is 5.27. The van der Waals surface area contributed by atoms with Gasteiger partial charge in [-0.1, -0.05) is 6.42 Å². The molecule has 0 saturated carbocycles. The largest absolute Gasteiger partial charge is 0.381 e. The molecule has 0 fully saturated rings. The predicted molar refractivity (Wildman–Crippen MR) is 71.6 cm³/mol. The van der Waals surface area contributed by atoms with Gasteiger partial charge < -0.3 is 10.1 Å². The molecule has 1 N–H and O–H groups in total. The Balaban J connectivity index is 2.22. The smallest absolute Gasteiger partial charge is 0.131 e. The summed E-state index contributed by atoms with van der Waals surface area (Å²) in [6.07, 6.45) is 7.70. The zero-order valence-corrected chi connectivity index (χ0v) is 11.6. The van der Waals surface area contributed by atoms with Crippen LogP contribution in [0.3, 0.4) is 0 Å². The molecule has 0 spiro atoms. The van der Waals surface area contributed by atoms with Crippen molar-refractivity contribution in [1.82, 2.24) is 15.3 Å². The molecule has 1 aliphatic rings. The second kappa shape index (κ2) is 6.25. The third-order valence-electron chi connectivity index (χ3n) is 3.70. The van der Waals surface area contributed by atoms with E-state index in [-0.39, 0.29) is 6.10 Å². The summed E-state index contributed by atoms with van der Waals surface area (Å²) in [5, 5.41) is 3.37. The average molecular weight is 249 g/mol. The molecular formula is C14H23N3O. The summed E-state index contributed by atoms with van der Waals surface area (Å²) in [5.41, 5.74) is 2.50. The van der Waals surface area contributed by atoms with Gasteiger partial charge in [-0.15, -0.1) is 0 Å². The lowest BCUT2D eigenvalue weighted by Gasteiger charge is -2.16. The van der Waals surface area contributed by atoms with Crippen LogP contribution >= 0.6 is 0 Å². The monoisotopic (exact) mass is 249 g/mol. The summed E-state index contributed by atoms with van der Waals surface area (Å²) in [5.74, 6) is 0.903. The van der Waals surface area contributed by atoms with E-state index in [1.54, 1.807) is 7.11 Å². The van der Waals surface area contributed by atoms with Gasteiger partial charge in [0.15, 0.2) is 0 Å². The molecule has 0 aromatic carbocycles. The highest BCUT2D eigenvalue weighted by molar-refractivity contribution is 5.23. The minimum Gasteiger partial charge on any atom is -0.381 e. The molecule has 4 nitrogen and oxygen atoms in total. The lowest BCUT2D eigenvalue weighted by atomic mass is 10.1. The number of hydrogen-bond donors (Lipinski definition) is 1. The fourth-order valence-electron chi connectivity index (χ4n) is 2.49. The molecule has 2 rings (SSSR count). The van der Waals surface area contributed by atoms with Gasteiger partial charge in [0, 0.05) is 37.0 Å². The molecular weight excluding hydrogens is 226 g/mol. The van der Waals surface area contributed by atoms with E-state index in [4.69, 9.17) is 9.72 Å². The van der Waals surface area contributed by atoms with Crippen LogP contribution in [0, 0.1) is 0 Å². The molecule has 100 valence electrons. The lowest BCUT2D eigenvalue weighted by Crippen LogP contribution is -2.19. The minimum absolute atomic E-state index is 0.175. The molecule has 1 aromatic rings. The quantitative estimate of drug-likeness (QED) is 0.830. The Morgan fingerprint density at radius 3 is 3.06 bits per heavy atom. The van der Waals surface area contributed by atoms with Gasteiger partial charge >= 0.3 is 0 Å². The standard InChI is InChI=1S/C14H23N3O/c1-10(18-3)8-14-16-9-11-12(15-2)6-4-5-7-13(11)17-14/h9-10,12,15H,4-8H2,1-3H3. The van der Waals surface area contributed by atoms with Crippen LogP contribution in [0.5, 0.6) is 0 Å². The highest BCUT2D eigenvalue weighted by atomic mass is 16.5. The normalized spacial score (nSPS) is 21.2. The van der Waals surface area contributed by atoms with Gasteiger partial charge in [0.1, 0.15) is 5.82 Å². The number of aryl methyl sites for hydroxylation is 1. The second-order valence-electron chi connectivity index (χ2n) is 5.03. The molecule has 4 heteroatoms. The summed E-state index contributed by atoms with van der Waals surface area (Å²) in [7, 11) is 3.74. The molecule has 0 aliphatic heterocycles. The fraction of sp³-hybridized carbons (Fsp3) is 0.714. The highest BCUT2D eigenvalue weighted by Gasteiger charge is 2.19. The molecule has 0 saturated heterocycles. The van der Waals surface area contributed by atoms with Crippen molar-refractivity contribution >= 4 is 0 Å². The topological polar surface area (TPSA) is 47.0 Å². The molecule has 0 bridgehead atoms. The van der Waals surface area contributed by atoms with E-state index in [0.717, 1.165) is 18.7 Å². The first-order valence-corrected chi connectivity index (χ1v) is 6.79. The lowest BCUT2D eigenvalue weighted by molar-refractivity contribution is 0.117. The van der Waals surface area contributed by atoms with Gasteiger partial charge in [-0.3, -0.25) is 0 Å². The van der Waals surface area contributed by atoms with Crippen molar-refractivity contribution in [2.45, 2.75) is 51.2 Å². The molecule has 2 atom stereocenters. The maximum absolute atomic E-state index is 5.27. The number of ether oxygens (including phenoxy) is 1.